The van der Waals surface area contributed by atoms with Gasteiger partial charge in [0.25, 0.3) is 0 Å². The third-order valence-electron chi connectivity index (χ3n) is 5.71. The van der Waals surface area contributed by atoms with Crippen molar-refractivity contribution < 1.29 is 22.7 Å². The van der Waals surface area contributed by atoms with Crippen LogP contribution in [0.25, 0.3) is 0 Å². The van der Waals surface area contributed by atoms with E-state index in [2.05, 4.69) is 35.8 Å². The molecule has 2 atom stereocenters. The molecule has 3 aromatic rings. The Morgan fingerprint density at radius 3 is 2.29 bits per heavy atom. The lowest BCUT2D eigenvalue weighted by atomic mass is 10.2. The Morgan fingerprint density at radius 1 is 1.00 bits per heavy atom. The van der Waals surface area contributed by atoms with Crippen LogP contribution in [0.15, 0.2) is 36.4 Å². The Balaban J connectivity index is 1.48. The third-order valence-corrected chi connectivity index (χ3v) is 6.04. The number of alkyl halides is 3. The van der Waals surface area contributed by atoms with E-state index in [1.165, 1.54) is 6.07 Å². The molecule has 4 rings (SSSR count). The van der Waals surface area contributed by atoms with Crippen LogP contribution in [0.1, 0.15) is 30.8 Å². The lowest BCUT2D eigenvalue weighted by molar-refractivity contribution is -0.137. The summed E-state index contributed by atoms with van der Waals surface area (Å²) in [6.07, 6.45) is -4.57. The maximum Gasteiger partial charge on any atom is 0.417 e. The van der Waals surface area contributed by atoms with E-state index in [0.29, 0.717) is 42.2 Å². The van der Waals surface area contributed by atoms with Gasteiger partial charge in [-0.3, -0.25) is 0 Å². The fourth-order valence-electron chi connectivity index (χ4n) is 4.07. The third kappa shape index (κ3) is 6.81. The van der Waals surface area contributed by atoms with Crippen molar-refractivity contribution in [3.63, 3.8) is 0 Å². The number of halogens is 4. The van der Waals surface area contributed by atoms with Crippen molar-refractivity contribution in [1.29, 1.82) is 0 Å². The predicted molar refractivity (Wildman–Crippen MR) is 140 cm³/mol. The first-order valence-corrected chi connectivity index (χ1v) is 12.2. The fourth-order valence-corrected chi connectivity index (χ4v) is 4.30. The molecule has 2 aromatic carbocycles. The minimum atomic E-state index is -4.64. The molecule has 2 amide bonds. The van der Waals surface area contributed by atoms with Gasteiger partial charge in [-0.25, -0.2) is 4.79 Å². The molecule has 2 heterocycles. The maximum atomic E-state index is 13.1. The average molecular weight is 550 g/mol. The summed E-state index contributed by atoms with van der Waals surface area (Å²) in [5.41, 5.74) is 0.810. The molecule has 13 heteroatoms. The Kier molecular flexibility index (Phi) is 7.93. The van der Waals surface area contributed by atoms with Crippen LogP contribution in [-0.2, 0) is 10.9 Å². The molecule has 3 N–H and O–H groups in total. The minimum Gasteiger partial charge on any atom is -0.372 e. The highest BCUT2D eigenvalue weighted by Crippen LogP contribution is 2.36. The number of ether oxygens (including phenoxy) is 1. The number of carbonyl (C=O) groups excluding carboxylic acids is 1. The van der Waals surface area contributed by atoms with Gasteiger partial charge in [-0.15, -0.1) is 0 Å². The number of aryl methyl sites for hydroxylation is 2. The number of morpholine rings is 1. The molecule has 0 radical (unpaired) electrons. The van der Waals surface area contributed by atoms with Crippen molar-refractivity contribution in [2.45, 2.75) is 46.1 Å². The zero-order valence-electron chi connectivity index (χ0n) is 21.2. The van der Waals surface area contributed by atoms with Gasteiger partial charge in [0.1, 0.15) is 5.82 Å². The first kappa shape index (κ1) is 27.4. The monoisotopic (exact) mass is 549 g/mol. The van der Waals surface area contributed by atoms with E-state index in [1.54, 1.807) is 25.1 Å². The second kappa shape index (κ2) is 11.0. The number of aromatic nitrogens is 3. The first-order valence-electron chi connectivity index (χ1n) is 11.8. The molecule has 0 aliphatic carbocycles. The highest BCUT2D eigenvalue weighted by Gasteiger charge is 2.33. The summed E-state index contributed by atoms with van der Waals surface area (Å²) in [6.45, 7) is 8.95. The van der Waals surface area contributed by atoms with Crippen LogP contribution in [0.3, 0.4) is 0 Å². The number of hydrogen-bond donors (Lipinski definition) is 3. The summed E-state index contributed by atoms with van der Waals surface area (Å²) in [5.74, 6) is 1.41. The van der Waals surface area contributed by atoms with Gasteiger partial charge in [0.05, 0.1) is 22.8 Å². The van der Waals surface area contributed by atoms with Crippen molar-refractivity contribution in [3.8, 4) is 0 Å². The highest BCUT2D eigenvalue weighted by molar-refractivity contribution is 6.31. The standard InChI is InChI=1S/C25H27ClF3N7O2/c1-13-5-6-18(33-24(37)32-17-7-8-20(26)19(9-17)25(27,28)29)10-21(13)34-22-30-16(4)31-23(35-22)36-11-14(2)38-15(3)12-36/h5-10,14-15H,11-12H2,1-4H3,(H2,32,33,37)(H,30,31,34,35). The molecular weight excluding hydrogens is 523 g/mol. The number of urea groups is 1. The number of nitrogens with zero attached hydrogens (tertiary/aromatic N) is 4. The molecule has 38 heavy (non-hydrogen) atoms. The summed E-state index contributed by atoms with van der Waals surface area (Å²) >= 11 is 5.64. The van der Waals surface area contributed by atoms with Gasteiger partial charge in [-0.05, 0) is 63.6 Å². The SMILES string of the molecule is Cc1nc(Nc2cc(NC(=O)Nc3ccc(Cl)c(C(F)(F)F)c3)ccc2C)nc(N2CC(C)OC(C)C2)n1. The van der Waals surface area contributed by atoms with E-state index in [9.17, 15) is 18.0 Å². The molecule has 0 saturated carbocycles. The van der Waals surface area contributed by atoms with Crippen molar-refractivity contribution >= 4 is 46.6 Å². The quantitative estimate of drug-likeness (QED) is 0.350. The van der Waals surface area contributed by atoms with Gasteiger partial charge in [0.2, 0.25) is 11.9 Å². The minimum absolute atomic E-state index is 0.0382. The molecule has 202 valence electrons. The molecule has 2 unspecified atom stereocenters. The Bertz CT molecular complexity index is 1330. The molecule has 0 spiro atoms. The second-order valence-corrected chi connectivity index (χ2v) is 9.50. The topological polar surface area (TPSA) is 104 Å². The van der Waals surface area contributed by atoms with Crippen LogP contribution in [0.2, 0.25) is 5.02 Å². The molecule has 1 fully saturated rings. The molecule has 1 aromatic heterocycles. The summed E-state index contributed by atoms with van der Waals surface area (Å²) in [6, 6.07) is 7.55. The molecule has 1 saturated heterocycles. The Morgan fingerprint density at radius 2 is 1.63 bits per heavy atom. The summed E-state index contributed by atoms with van der Waals surface area (Å²) in [5, 5.41) is 7.74. The normalized spacial score (nSPS) is 17.7. The van der Waals surface area contributed by atoms with Crippen molar-refractivity contribution in [1.82, 2.24) is 15.0 Å². The van der Waals surface area contributed by atoms with Gasteiger partial charge >= 0.3 is 12.2 Å². The average Bonchev–Trinajstić information content (AvgIpc) is 2.81. The number of benzene rings is 2. The van der Waals surface area contributed by atoms with Crippen LogP contribution in [0.5, 0.6) is 0 Å². The van der Waals surface area contributed by atoms with E-state index in [4.69, 9.17) is 16.3 Å². The van der Waals surface area contributed by atoms with E-state index in [0.717, 1.165) is 17.7 Å². The number of anilines is 5. The number of carbonyl (C=O) groups is 1. The van der Waals surface area contributed by atoms with Crippen LogP contribution >= 0.6 is 11.6 Å². The van der Waals surface area contributed by atoms with Crippen LogP contribution in [0, 0.1) is 13.8 Å². The first-order chi connectivity index (χ1) is 17.9. The predicted octanol–water partition coefficient (Wildman–Crippen LogP) is 6.16. The lowest BCUT2D eigenvalue weighted by Crippen LogP contribution is -2.46. The van der Waals surface area contributed by atoms with E-state index >= 15 is 0 Å². The zero-order chi connectivity index (χ0) is 27.6. The molecule has 1 aliphatic rings. The second-order valence-electron chi connectivity index (χ2n) is 9.09. The van der Waals surface area contributed by atoms with Gasteiger partial charge in [-0.1, -0.05) is 17.7 Å². The lowest BCUT2D eigenvalue weighted by Gasteiger charge is -2.35. The van der Waals surface area contributed by atoms with E-state index in [-0.39, 0.29) is 17.9 Å². The number of hydrogen-bond acceptors (Lipinski definition) is 7. The van der Waals surface area contributed by atoms with Gasteiger partial charge in [-0.2, -0.15) is 28.1 Å². The summed E-state index contributed by atoms with van der Waals surface area (Å²) in [4.78, 5) is 28.0. The van der Waals surface area contributed by atoms with Crippen molar-refractivity contribution in [3.05, 3.63) is 58.4 Å². The Hall–Kier alpha value is -3.64. The van der Waals surface area contributed by atoms with Gasteiger partial charge < -0.3 is 25.6 Å². The van der Waals surface area contributed by atoms with Crippen molar-refractivity contribution in [2.75, 3.05) is 33.9 Å². The van der Waals surface area contributed by atoms with Crippen LogP contribution in [-0.4, -0.2) is 46.3 Å². The summed E-state index contributed by atoms with van der Waals surface area (Å²) in [7, 11) is 0. The smallest absolute Gasteiger partial charge is 0.372 e. The zero-order valence-corrected chi connectivity index (χ0v) is 21.9. The number of nitrogens with one attached hydrogen (secondary N) is 3. The molecule has 0 bridgehead atoms. The number of rotatable bonds is 5. The molecular formula is C25H27ClF3N7O2. The molecule has 9 nitrogen and oxygen atoms in total. The maximum absolute atomic E-state index is 13.1. The van der Waals surface area contributed by atoms with Crippen molar-refractivity contribution in [2.24, 2.45) is 0 Å². The fraction of sp³-hybridized carbons (Fsp3) is 0.360. The van der Waals surface area contributed by atoms with Crippen LogP contribution in [0.4, 0.5) is 46.9 Å². The largest absolute Gasteiger partial charge is 0.417 e. The van der Waals surface area contributed by atoms with E-state index in [1.807, 2.05) is 20.8 Å². The van der Waals surface area contributed by atoms with Crippen LogP contribution < -0.4 is 20.9 Å². The van der Waals surface area contributed by atoms with Gasteiger partial charge in [0.15, 0.2) is 0 Å². The summed E-state index contributed by atoms with van der Waals surface area (Å²) < 4.78 is 45.2. The van der Waals surface area contributed by atoms with Gasteiger partial charge in [0, 0.05) is 30.2 Å². The highest BCUT2D eigenvalue weighted by atomic mass is 35.5. The molecule has 1 aliphatic heterocycles. The van der Waals surface area contributed by atoms with E-state index < -0.39 is 22.8 Å². The Labute approximate surface area is 222 Å². The number of amides is 2.